The number of halogens is 2. The van der Waals surface area contributed by atoms with Crippen LogP contribution in [-0.4, -0.2) is 25.5 Å². The van der Waals surface area contributed by atoms with Crippen LogP contribution in [0.1, 0.15) is 28.1 Å². The van der Waals surface area contributed by atoms with E-state index < -0.39 is 0 Å². The summed E-state index contributed by atoms with van der Waals surface area (Å²) >= 11 is 1.32. The Balaban J connectivity index is 0.00000240. The molecule has 4 nitrogen and oxygen atoms in total. The maximum Gasteiger partial charge on any atom is 0.261 e. The lowest BCUT2D eigenvalue weighted by Crippen LogP contribution is -2.26. The number of nitrogens with one attached hydrogen (secondary N) is 2. The fraction of sp³-hybridized carbons (Fsp3) is 0.318. The van der Waals surface area contributed by atoms with Crippen molar-refractivity contribution < 1.29 is 13.9 Å². The fourth-order valence-electron chi connectivity index (χ4n) is 3.59. The maximum absolute atomic E-state index is 14.5. The van der Waals surface area contributed by atoms with Crippen molar-refractivity contribution in [1.82, 2.24) is 10.6 Å². The Hall–Kier alpha value is -2.15. The van der Waals surface area contributed by atoms with Crippen LogP contribution in [0.15, 0.2) is 48.5 Å². The second-order valence-corrected chi connectivity index (χ2v) is 8.08. The number of amides is 1. The van der Waals surface area contributed by atoms with Crippen LogP contribution in [0.2, 0.25) is 0 Å². The first-order valence-electron chi connectivity index (χ1n) is 9.59. The van der Waals surface area contributed by atoms with Gasteiger partial charge < -0.3 is 15.4 Å². The summed E-state index contributed by atoms with van der Waals surface area (Å²) in [4.78, 5) is 13.4. The van der Waals surface area contributed by atoms with Crippen molar-refractivity contribution in [2.45, 2.75) is 19.4 Å². The zero-order valence-electron chi connectivity index (χ0n) is 15.9. The largest absolute Gasteiger partial charge is 0.489 e. The highest BCUT2D eigenvalue weighted by Gasteiger charge is 2.22. The van der Waals surface area contributed by atoms with E-state index in [-0.39, 0.29) is 30.7 Å². The Labute approximate surface area is 179 Å². The van der Waals surface area contributed by atoms with Gasteiger partial charge in [0.1, 0.15) is 18.2 Å². The van der Waals surface area contributed by atoms with Gasteiger partial charge >= 0.3 is 0 Å². The van der Waals surface area contributed by atoms with Gasteiger partial charge in [-0.1, -0.05) is 24.3 Å². The highest BCUT2D eigenvalue weighted by atomic mass is 35.5. The Kier molecular flexibility index (Phi) is 7.47. The highest BCUT2D eigenvalue weighted by Crippen LogP contribution is 2.34. The Morgan fingerprint density at radius 3 is 2.79 bits per heavy atom. The molecule has 2 N–H and O–H groups in total. The summed E-state index contributed by atoms with van der Waals surface area (Å²) in [6, 6.07) is 14.3. The van der Waals surface area contributed by atoms with Gasteiger partial charge in [0.15, 0.2) is 0 Å². The minimum Gasteiger partial charge on any atom is -0.489 e. The van der Waals surface area contributed by atoms with Gasteiger partial charge in [-0.15, -0.1) is 23.7 Å². The standard InChI is InChI=1S/C22H23FN2O2S.ClH/c23-18-7-4-8-19-20(18)17(14-27-16-5-2-1-3-6-16)21(28-19)22(26)25-12-10-15-9-11-24-13-15;/h1-8,15,24H,9-14H2,(H,25,26);1H. The average Bonchev–Trinajstić information content (AvgIpc) is 3.35. The fourth-order valence-corrected chi connectivity index (χ4v) is 4.73. The minimum absolute atomic E-state index is 0. The van der Waals surface area contributed by atoms with Gasteiger partial charge in [-0.3, -0.25) is 4.79 Å². The summed E-state index contributed by atoms with van der Waals surface area (Å²) in [5, 5.41) is 6.83. The van der Waals surface area contributed by atoms with Gasteiger partial charge in [-0.05, 0) is 56.1 Å². The van der Waals surface area contributed by atoms with E-state index in [1.54, 1.807) is 6.07 Å². The predicted molar refractivity (Wildman–Crippen MR) is 118 cm³/mol. The number of hydrogen-bond donors (Lipinski definition) is 2. The van der Waals surface area contributed by atoms with E-state index >= 15 is 0 Å². The minimum atomic E-state index is -0.323. The summed E-state index contributed by atoms with van der Waals surface area (Å²) in [6.07, 6.45) is 2.11. The highest BCUT2D eigenvalue weighted by molar-refractivity contribution is 7.21. The molecular formula is C22H24ClFN2O2S. The van der Waals surface area contributed by atoms with Gasteiger partial charge in [0.2, 0.25) is 0 Å². The molecule has 2 heterocycles. The molecule has 0 spiro atoms. The van der Waals surface area contributed by atoms with Gasteiger partial charge in [0.05, 0.1) is 4.88 Å². The summed E-state index contributed by atoms with van der Waals surface area (Å²) in [6.45, 7) is 2.84. The van der Waals surface area contributed by atoms with E-state index in [1.165, 1.54) is 17.4 Å². The number of carbonyl (C=O) groups excluding carboxylic acids is 1. The third-order valence-corrected chi connectivity index (χ3v) is 6.29. The van der Waals surface area contributed by atoms with Crippen LogP contribution in [0, 0.1) is 11.7 Å². The summed E-state index contributed by atoms with van der Waals surface area (Å²) in [5.41, 5.74) is 0.613. The molecule has 0 radical (unpaired) electrons. The number of thiophene rings is 1. The monoisotopic (exact) mass is 434 g/mol. The smallest absolute Gasteiger partial charge is 0.261 e. The van der Waals surface area contributed by atoms with E-state index in [1.807, 2.05) is 36.4 Å². The topological polar surface area (TPSA) is 50.4 Å². The van der Waals surface area contributed by atoms with Crippen LogP contribution in [0.4, 0.5) is 4.39 Å². The third kappa shape index (κ3) is 5.07. The molecular weight excluding hydrogens is 411 g/mol. The number of hydrogen-bond acceptors (Lipinski definition) is 4. The van der Waals surface area contributed by atoms with Crippen LogP contribution in [0.3, 0.4) is 0 Å². The molecule has 1 atom stereocenters. The lowest BCUT2D eigenvalue weighted by Gasteiger charge is -2.11. The number of benzene rings is 2. The second kappa shape index (κ2) is 10.1. The zero-order chi connectivity index (χ0) is 19.3. The molecule has 154 valence electrons. The Bertz CT molecular complexity index is 958. The van der Waals surface area contributed by atoms with Crippen LogP contribution in [0.25, 0.3) is 10.1 Å². The Morgan fingerprint density at radius 2 is 2.03 bits per heavy atom. The van der Waals surface area contributed by atoms with Crippen LogP contribution in [0.5, 0.6) is 5.75 Å². The summed E-state index contributed by atoms with van der Waals surface area (Å²) < 4.78 is 21.1. The van der Waals surface area contributed by atoms with Gasteiger partial charge in [0, 0.05) is 22.2 Å². The molecule has 1 amide bonds. The van der Waals surface area contributed by atoms with E-state index in [9.17, 15) is 9.18 Å². The quantitative estimate of drug-likeness (QED) is 0.563. The van der Waals surface area contributed by atoms with Gasteiger partial charge in [0.25, 0.3) is 5.91 Å². The zero-order valence-corrected chi connectivity index (χ0v) is 17.6. The van der Waals surface area contributed by atoms with Crippen molar-refractivity contribution in [2.24, 2.45) is 5.92 Å². The number of rotatable bonds is 7. The maximum atomic E-state index is 14.5. The molecule has 1 unspecified atom stereocenters. The van der Waals surface area contributed by atoms with Gasteiger partial charge in [-0.2, -0.15) is 0 Å². The molecule has 2 aromatic carbocycles. The molecule has 0 bridgehead atoms. The number of para-hydroxylation sites is 1. The third-order valence-electron chi connectivity index (χ3n) is 5.10. The first-order valence-corrected chi connectivity index (χ1v) is 10.4. The van der Waals surface area contributed by atoms with Crippen molar-refractivity contribution in [3.05, 3.63) is 64.8 Å². The summed E-state index contributed by atoms with van der Waals surface area (Å²) in [5.74, 6) is 0.828. The molecule has 0 saturated carbocycles. The summed E-state index contributed by atoms with van der Waals surface area (Å²) in [7, 11) is 0. The van der Waals surface area contributed by atoms with E-state index in [4.69, 9.17) is 4.74 Å². The van der Waals surface area contributed by atoms with E-state index in [0.717, 1.165) is 30.6 Å². The Morgan fingerprint density at radius 1 is 1.21 bits per heavy atom. The van der Waals surface area contributed by atoms with Crippen molar-refractivity contribution in [3.8, 4) is 5.75 Å². The molecule has 1 fully saturated rings. The van der Waals surface area contributed by atoms with Crippen molar-refractivity contribution in [2.75, 3.05) is 19.6 Å². The van der Waals surface area contributed by atoms with Crippen molar-refractivity contribution in [1.29, 1.82) is 0 Å². The first kappa shape index (κ1) is 21.6. The molecule has 1 aliphatic rings. The molecule has 0 aliphatic carbocycles. The predicted octanol–water partition coefficient (Wildman–Crippen LogP) is 4.77. The SMILES string of the molecule is Cl.O=C(NCCC1CCNC1)c1sc2cccc(F)c2c1COc1ccccc1. The normalized spacial score (nSPS) is 15.8. The number of ether oxygens (including phenoxy) is 1. The molecule has 7 heteroatoms. The second-order valence-electron chi connectivity index (χ2n) is 7.03. The average molecular weight is 435 g/mol. The first-order chi connectivity index (χ1) is 13.7. The lowest BCUT2D eigenvalue weighted by molar-refractivity contribution is 0.0953. The van der Waals surface area contributed by atoms with Crippen molar-refractivity contribution >= 4 is 39.7 Å². The number of fused-ring (bicyclic) bond motifs is 1. The lowest BCUT2D eigenvalue weighted by atomic mass is 10.1. The van der Waals surface area contributed by atoms with E-state index in [2.05, 4.69) is 10.6 Å². The molecule has 1 aliphatic heterocycles. The van der Waals surface area contributed by atoms with Crippen LogP contribution < -0.4 is 15.4 Å². The molecule has 1 aromatic heterocycles. The van der Waals surface area contributed by atoms with Crippen molar-refractivity contribution in [3.63, 3.8) is 0 Å². The van der Waals surface area contributed by atoms with E-state index in [0.29, 0.717) is 34.0 Å². The molecule has 3 aromatic rings. The molecule has 29 heavy (non-hydrogen) atoms. The van der Waals surface area contributed by atoms with Gasteiger partial charge in [-0.25, -0.2) is 4.39 Å². The number of carbonyl (C=O) groups is 1. The van der Waals surface area contributed by atoms with Crippen LogP contribution in [-0.2, 0) is 6.61 Å². The molecule has 4 rings (SSSR count). The van der Waals surface area contributed by atoms with Crippen LogP contribution >= 0.6 is 23.7 Å². The molecule has 1 saturated heterocycles.